The lowest BCUT2D eigenvalue weighted by Gasteiger charge is -2.41. The number of hydrogen-bond donors (Lipinski definition) is 1. The van der Waals surface area contributed by atoms with Gasteiger partial charge in [0, 0.05) is 31.8 Å². The minimum absolute atomic E-state index is 0.639. The topological polar surface area (TPSA) is 24.5 Å². The van der Waals surface area contributed by atoms with E-state index < -0.39 is 0 Å². The zero-order chi connectivity index (χ0) is 13.5. The van der Waals surface area contributed by atoms with Crippen molar-refractivity contribution in [2.75, 3.05) is 32.8 Å². The molecule has 3 nitrogen and oxygen atoms in total. The molecule has 2 rings (SSSR count). The Hall–Kier alpha value is -0.120. The van der Waals surface area contributed by atoms with Crippen LogP contribution in [0.4, 0.5) is 0 Å². The minimum atomic E-state index is 0.639. The lowest BCUT2D eigenvalue weighted by molar-refractivity contribution is 0.0332. The van der Waals surface area contributed by atoms with Gasteiger partial charge in [0.2, 0.25) is 0 Å². The highest BCUT2D eigenvalue weighted by Gasteiger charge is 2.29. The van der Waals surface area contributed by atoms with Crippen LogP contribution in [0.25, 0.3) is 0 Å². The van der Waals surface area contributed by atoms with Crippen molar-refractivity contribution in [1.29, 1.82) is 0 Å². The summed E-state index contributed by atoms with van der Waals surface area (Å²) < 4.78 is 5.49. The number of rotatable bonds is 6. The molecule has 0 saturated carbocycles. The van der Waals surface area contributed by atoms with Crippen LogP contribution in [0.1, 0.15) is 52.4 Å². The van der Waals surface area contributed by atoms with Crippen LogP contribution >= 0.6 is 0 Å². The Morgan fingerprint density at radius 3 is 2.74 bits per heavy atom. The fraction of sp³-hybridized carbons (Fsp3) is 1.00. The van der Waals surface area contributed by atoms with Gasteiger partial charge in [-0.25, -0.2) is 0 Å². The van der Waals surface area contributed by atoms with Gasteiger partial charge in [-0.3, -0.25) is 4.90 Å². The quantitative estimate of drug-likeness (QED) is 0.801. The highest BCUT2D eigenvalue weighted by Crippen LogP contribution is 2.24. The van der Waals surface area contributed by atoms with Crippen molar-refractivity contribution in [2.45, 2.75) is 64.5 Å². The maximum Gasteiger partial charge on any atom is 0.0469 e. The number of ether oxygens (including phenoxy) is 1. The minimum Gasteiger partial charge on any atom is -0.381 e. The molecule has 0 aromatic carbocycles. The lowest BCUT2D eigenvalue weighted by Crippen LogP contribution is -2.52. The Kier molecular flexibility index (Phi) is 6.62. The molecule has 19 heavy (non-hydrogen) atoms. The van der Waals surface area contributed by atoms with Crippen molar-refractivity contribution in [2.24, 2.45) is 5.92 Å². The molecule has 112 valence electrons. The molecular formula is C16H32N2O. The standard InChI is InChI=1S/C16H32N2O/c1-3-9-17-14(2)16-6-4-5-10-18(16)13-15-7-11-19-12-8-15/h14-17H,3-13H2,1-2H3. The Balaban J connectivity index is 1.83. The van der Waals surface area contributed by atoms with Crippen LogP contribution in [0.15, 0.2) is 0 Å². The average Bonchev–Trinajstić information content (AvgIpc) is 2.46. The van der Waals surface area contributed by atoms with E-state index in [9.17, 15) is 0 Å². The number of nitrogens with zero attached hydrogens (tertiary/aromatic N) is 1. The van der Waals surface area contributed by atoms with E-state index in [-0.39, 0.29) is 0 Å². The maximum absolute atomic E-state index is 5.49. The number of likely N-dealkylation sites (tertiary alicyclic amines) is 1. The zero-order valence-corrected chi connectivity index (χ0v) is 12.9. The van der Waals surface area contributed by atoms with Gasteiger partial charge < -0.3 is 10.1 Å². The molecule has 2 aliphatic heterocycles. The summed E-state index contributed by atoms with van der Waals surface area (Å²) in [5.74, 6) is 0.868. The van der Waals surface area contributed by atoms with Crippen molar-refractivity contribution in [1.82, 2.24) is 10.2 Å². The second-order valence-electron chi connectivity index (χ2n) is 6.36. The van der Waals surface area contributed by atoms with E-state index in [2.05, 4.69) is 24.1 Å². The van der Waals surface area contributed by atoms with Gasteiger partial charge in [0.05, 0.1) is 0 Å². The average molecular weight is 268 g/mol. The summed E-state index contributed by atoms with van der Waals surface area (Å²) in [5.41, 5.74) is 0. The third-order valence-corrected chi connectivity index (χ3v) is 4.79. The van der Waals surface area contributed by atoms with Crippen LogP contribution in [-0.2, 0) is 4.74 Å². The first-order valence-electron chi connectivity index (χ1n) is 8.36. The molecule has 2 fully saturated rings. The number of hydrogen-bond acceptors (Lipinski definition) is 3. The van der Waals surface area contributed by atoms with Gasteiger partial charge in [-0.2, -0.15) is 0 Å². The summed E-state index contributed by atoms with van der Waals surface area (Å²) in [7, 11) is 0. The summed E-state index contributed by atoms with van der Waals surface area (Å²) in [6, 6.07) is 1.39. The molecule has 0 aromatic heterocycles. The zero-order valence-electron chi connectivity index (χ0n) is 12.9. The molecular weight excluding hydrogens is 236 g/mol. The first-order valence-corrected chi connectivity index (χ1v) is 8.36. The van der Waals surface area contributed by atoms with Gasteiger partial charge in [-0.05, 0) is 58.0 Å². The molecule has 3 heteroatoms. The van der Waals surface area contributed by atoms with Crippen molar-refractivity contribution < 1.29 is 4.74 Å². The van der Waals surface area contributed by atoms with E-state index in [1.807, 2.05) is 0 Å². The van der Waals surface area contributed by atoms with Gasteiger partial charge in [0.25, 0.3) is 0 Å². The van der Waals surface area contributed by atoms with Crippen molar-refractivity contribution >= 4 is 0 Å². The van der Waals surface area contributed by atoms with E-state index >= 15 is 0 Å². The summed E-state index contributed by atoms with van der Waals surface area (Å²) in [4.78, 5) is 2.77. The highest BCUT2D eigenvalue weighted by molar-refractivity contribution is 4.86. The fourth-order valence-corrected chi connectivity index (χ4v) is 3.58. The van der Waals surface area contributed by atoms with Crippen molar-refractivity contribution in [3.63, 3.8) is 0 Å². The van der Waals surface area contributed by atoms with Crippen LogP contribution in [0.5, 0.6) is 0 Å². The predicted octanol–water partition coefficient (Wildman–Crippen LogP) is 2.66. The third kappa shape index (κ3) is 4.73. The van der Waals surface area contributed by atoms with Crippen LogP contribution in [0.3, 0.4) is 0 Å². The van der Waals surface area contributed by atoms with Gasteiger partial charge in [-0.15, -0.1) is 0 Å². The lowest BCUT2D eigenvalue weighted by atomic mass is 9.92. The monoisotopic (exact) mass is 268 g/mol. The smallest absolute Gasteiger partial charge is 0.0469 e. The molecule has 0 aromatic rings. The second kappa shape index (κ2) is 8.23. The molecule has 0 amide bonds. The van der Waals surface area contributed by atoms with Crippen molar-refractivity contribution in [3.8, 4) is 0 Å². The van der Waals surface area contributed by atoms with Gasteiger partial charge >= 0.3 is 0 Å². The van der Waals surface area contributed by atoms with E-state index in [0.717, 1.165) is 31.7 Å². The Morgan fingerprint density at radius 2 is 2.00 bits per heavy atom. The largest absolute Gasteiger partial charge is 0.381 e. The third-order valence-electron chi connectivity index (χ3n) is 4.79. The van der Waals surface area contributed by atoms with E-state index in [0.29, 0.717) is 6.04 Å². The van der Waals surface area contributed by atoms with Gasteiger partial charge in [0.15, 0.2) is 0 Å². The van der Waals surface area contributed by atoms with Gasteiger partial charge in [0.1, 0.15) is 0 Å². The summed E-state index contributed by atoms with van der Waals surface area (Å²) in [6.07, 6.45) is 7.94. The van der Waals surface area contributed by atoms with E-state index in [1.165, 1.54) is 51.6 Å². The number of nitrogens with one attached hydrogen (secondary N) is 1. The van der Waals surface area contributed by atoms with Crippen LogP contribution in [0.2, 0.25) is 0 Å². The fourth-order valence-electron chi connectivity index (χ4n) is 3.58. The van der Waals surface area contributed by atoms with Crippen LogP contribution in [-0.4, -0.2) is 49.8 Å². The molecule has 2 aliphatic rings. The maximum atomic E-state index is 5.49. The van der Waals surface area contributed by atoms with E-state index in [4.69, 9.17) is 4.74 Å². The molecule has 2 saturated heterocycles. The second-order valence-corrected chi connectivity index (χ2v) is 6.36. The highest BCUT2D eigenvalue weighted by atomic mass is 16.5. The Labute approximate surface area is 119 Å². The molecule has 2 unspecified atom stereocenters. The van der Waals surface area contributed by atoms with Gasteiger partial charge in [-0.1, -0.05) is 13.3 Å². The molecule has 0 spiro atoms. The molecule has 1 N–H and O–H groups in total. The summed E-state index contributed by atoms with van der Waals surface area (Å²) >= 11 is 0. The number of piperidine rings is 1. The molecule has 0 radical (unpaired) electrons. The molecule has 0 bridgehead atoms. The van der Waals surface area contributed by atoms with E-state index in [1.54, 1.807) is 0 Å². The Bertz CT molecular complexity index is 241. The predicted molar refractivity (Wildman–Crippen MR) is 80.5 cm³/mol. The molecule has 2 atom stereocenters. The summed E-state index contributed by atoms with van der Waals surface area (Å²) in [5, 5.41) is 3.70. The van der Waals surface area contributed by atoms with Crippen LogP contribution < -0.4 is 5.32 Å². The Morgan fingerprint density at radius 1 is 1.21 bits per heavy atom. The normalized spacial score (nSPS) is 28.4. The first kappa shape index (κ1) is 15.3. The SMILES string of the molecule is CCCNC(C)C1CCCCN1CC1CCOCC1. The first-order chi connectivity index (χ1) is 9.31. The van der Waals surface area contributed by atoms with Crippen molar-refractivity contribution in [3.05, 3.63) is 0 Å². The molecule has 2 heterocycles. The van der Waals surface area contributed by atoms with Crippen LogP contribution in [0, 0.1) is 5.92 Å². The summed E-state index contributed by atoms with van der Waals surface area (Å²) in [6.45, 7) is 10.3. The molecule has 0 aliphatic carbocycles.